The minimum atomic E-state index is -0.133. The van der Waals surface area contributed by atoms with Crippen molar-refractivity contribution in [3.8, 4) is 0 Å². The van der Waals surface area contributed by atoms with Gasteiger partial charge < -0.3 is 5.32 Å². The standard InChI is InChI=1S/C15H25NO/c1-4-11(5-2)10-16-14(17)15(3)9-12-6-7-13(15)8-12/h6-7,11-13H,4-5,8-10H2,1-3H3,(H,16,17). The summed E-state index contributed by atoms with van der Waals surface area (Å²) in [4.78, 5) is 12.3. The van der Waals surface area contributed by atoms with Crippen LogP contribution in [0.1, 0.15) is 46.5 Å². The van der Waals surface area contributed by atoms with Gasteiger partial charge in [-0.2, -0.15) is 0 Å². The highest BCUT2D eigenvalue weighted by Crippen LogP contribution is 2.51. The topological polar surface area (TPSA) is 29.1 Å². The van der Waals surface area contributed by atoms with E-state index in [9.17, 15) is 4.79 Å². The van der Waals surface area contributed by atoms with E-state index in [2.05, 4.69) is 38.2 Å². The molecule has 0 heterocycles. The molecule has 1 N–H and O–H groups in total. The third kappa shape index (κ3) is 2.27. The van der Waals surface area contributed by atoms with E-state index in [0.717, 1.165) is 25.8 Å². The van der Waals surface area contributed by atoms with Crippen LogP contribution in [0.5, 0.6) is 0 Å². The number of rotatable bonds is 5. The molecule has 0 spiro atoms. The quantitative estimate of drug-likeness (QED) is 0.729. The summed E-state index contributed by atoms with van der Waals surface area (Å²) in [5, 5.41) is 3.18. The Hall–Kier alpha value is -0.790. The largest absolute Gasteiger partial charge is 0.355 e. The van der Waals surface area contributed by atoms with E-state index in [1.807, 2.05) is 0 Å². The zero-order chi connectivity index (χ0) is 12.5. The van der Waals surface area contributed by atoms with E-state index < -0.39 is 0 Å². The van der Waals surface area contributed by atoms with E-state index in [0.29, 0.717) is 17.8 Å². The minimum Gasteiger partial charge on any atom is -0.355 e. The molecule has 3 unspecified atom stereocenters. The van der Waals surface area contributed by atoms with Crippen molar-refractivity contribution in [2.45, 2.75) is 46.5 Å². The molecular formula is C15H25NO. The number of nitrogens with one attached hydrogen (secondary N) is 1. The van der Waals surface area contributed by atoms with Crippen LogP contribution >= 0.6 is 0 Å². The highest BCUT2D eigenvalue weighted by Gasteiger charge is 2.49. The molecule has 1 fully saturated rings. The van der Waals surface area contributed by atoms with E-state index in [1.54, 1.807) is 0 Å². The van der Waals surface area contributed by atoms with Gasteiger partial charge in [0.1, 0.15) is 0 Å². The molecule has 96 valence electrons. The van der Waals surface area contributed by atoms with Crippen LogP contribution in [0.15, 0.2) is 12.2 Å². The van der Waals surface area contributed by atoms with E-state index >= 15 is 0 Å². The number of hydrogen-bond acceptors (Lipinski definition) is 1. The lowest BCUT2D eigenvalue weighted by molar-refractivity contribution is -0.131. The number of hydrogen-bond donors (Lipinski definition) is 1. The Morgan fingerprint density at radius 3 is 2.59 bits per heavy atom. The third-order valence-electron chi connectivity index (χ3n) is 4.90. The zero-order valence-corrected chi connectivity index (χ0v) is 11.3. The Balaban J connectivity index is 1.90. The van der Waals surface area contributed by atoms with Crippen LogP contribution < -0.4 is 5.32 Å². The molecule has 0 aliphatic heterocycles. The van der Waals surface area contributed by atoms with Crippen molar-refractivity contribution in [2.75, 3.05) is 6.54 Å². The second-order valence-electron chi connectivity index (χ2n) is 6.00. The lowest BCUT2D eigenvalue weighted by Crippen LogP contribution is -2.43. The zero-order valence-electron chi connectivity index (χ0n) is 11.3. The SMILES string of the molecule is CCC(CC)CNC(=O)C1(C)CC2C=CC1C2. The van der Waals surface area contributed by atoms with Gasteiger partial charge in [-0.15, -0.1) is 0 Å². The third-order valence-corrected chi connectivity index (χ3v) is 4.90. The van der Waals surface area contributed by atoms with Gasteiger partial charge in [0.05, 0.1) is 5.41 Å². The molecule has 2 heteroatoms. The van der Waals surface area contributed by atoms with Gasteiger partial charge in [0.2, 0.25) is 5.91 Å². The van der Waals surface area contributed by atoms with Crippen LogP contribution in [-0.2, 0) is 4.79 Å². The summed E-state index contributed by atoms with van der Waals surface area (Å²) in [6.07, 6.45) is 9.09. The van der Waals surface area contributed by atoms with Gasteiger partial charge in [-0.25, -0.2) is 0 Å². The molecule has 2 bridgehead atoms. The van der Waals surface area contributed by atoms with Crippen molar-refractivity contribution < 1.29 is 4.79 Å². The summed E-state index contributed by atoms with van der Waals surface area (Å²) in [7, 11) is 0. The summed E-state index contributed by atoms with van der Waals surface area (Å²) >= 11 is 0. The molecule has 0 aromatic rings. The summed E-state index contributed by atoms with van der Waals surface area (Å²) in [6, 6.07) is 0. The Morgan fingerprint density at radius 1 is 1.41 bits per heavy atom. The average molecular weight is 235 g/mol. The van der Waals surface area contributed by atoms with Crippen molar-refractivity contribution in [3.05, 3.63) is 12.2 Å². The fourth-order valence-electron chi connectivity index (χ4n) is 3.37. The van der Waals surface area contributed by atoms with Crippen molar-refractivity contribution in [1.29, 1.82) is 0 Å². The summed E-state index contributed by atoms with van der Waals surface area (Å²) in [5.41, 5.74) is -0.133. The van der Waals surface area contributed by atoms with Crippen LogP contribution in [0.2, 0.25) is 0 Å². The first-order chi connectivity index (χ1) is 8.10. The van der Waals surface area contributed by atoms with Gasteiger partial charge in [-0.3, -0.25) is 4.79 Å². The first-order valence-corrected chi connectivity index (χ1v) is 7.06. The van der Waals surface area contributed by atoms with Crippen molar-refractivity contribution in [1.82, 2.24) is 5.32 Å². The lowest BCUT2D eigenvalue weighted by atomic mass is 9.76. The number of carbonyl (C=O) groups is 1. The van der Waals surface area contributed by atoms with Gasteiger partial charge in [-0.05, 0) is 30.6 Å². The molecule has 2 aliphatic rings. The highest BCUT2D eigenvalue weighted by atomic mass is 16.2. The number of carbonyl (C=O) groups excluding carboxylic acids is 1. The maximum absolute atomic E-state index is 12.3. The van der Waals surface area contributed by atoms with Gasteiger partial charge in [-0.1, -0.05) is 45.8 Å². The minimum absolute atomic E-state index is 0.133. The Morgan fingerprint density at radius 2 is 2.12 bits per heavy atom. The van der Waals surface area contributed by atoms with Crippen LogP contribution in [0.3, 0.4) is 0 Å². The Kier molecular flexibility index (Phi) is 3.60. The molecule has 0 radical (unpaired) electrons. The molecule has 1 amide bonds. The highest BCUT2D eigenvalue weighted by molar-refractivity contribution is 5.83. The predicted molar refractivity (Wildman–Crippen MR) is 70.5 cm³/mol. The van der Waals surface area contributed by atoms with Crippen LogP contribution in [0.25, 0.3) is 0 Å². The average Bonchev–Trinajstić information content (AvgIpc) is 2.90. The van der Waals surface area contributed by atoms with Crippen LogP contribution in [0.4, 0.5) is 0 Å². The number of allylic oxidation sites excluding steroid dienone is 2. The molecule has 2 nitrogen and oxygen atoms in total. The lowest BCUT2D eigenvalue weighted by Gasteiger charge is -2.30. The number of fused-ring (bicyclic) bond motifs is 2. The van der Waals surface area contributed by atoms with Gasteiger partial charge in [0.25, 0.3) is 0 Å². The molecule has 2 rings (SSSR count). The van der Waals surface area contributed by atoms with E-state index in [1.165, 1.54) is 6.42 Å². The smallest absolute Gasteiger partial charge is 0.226 e. The first-order valence-electron chi connectivity index (χ1n) is 7.06. The van der Waals surface area contributed by atoms with E-state index in [4.69, 9.17) is 0 Å². The normalized spacial score (nSPS) is 34.6. The van der Waals surface area contributed by atoms with Gasteiger partial charge >= 0.3 is 0 Å². The molecule has 2 aliphatic carbocycles. The summed E-state index contributed by atoms with van der Waals surface area (Å²) in [5.74, 6) is 2.05. The van der Waals surface area contributed by atoms with E-state index in [-0.39, 0.29) is 11.3 Å². The van der Waals surface area contributed by atoms with Crippen LogP contribution in [-0.4, -0.2) is 12.5 Å². The number of amides is 1. The molecule has 0 saturated heterocycles. The monoisotopic (exact) mass is 235 g/mol. The Labute approximate surface area is 105 Å². The first kappa shape index (κ1) is 12.7. The maximum Gasteiger partial charge on any atom is 0.226 e. The molecule has 0 aromatic carbocycles. The molecular weight excluding hydrogens is 210 g/mol. The molecule has 3 atom stereocenters. The second kappa shape index (κ2) is 4.83. The van der Waals surface area contributed by atoms with Crippen molar-refractivity contribution >= 4 is 5.91 Å². The molecule has 1 saturated carbocycles. The molecule has 17 heavy (non-hydrogen) atoms. The fourth-order valence-corrected chi connectivity index (χ4v) is 3.37. The second-order valence-corrected chi connectivity index (χ2v) is 6.00. The fraction of sp³-hybridized carbons (Fsp3) is 0.800. The van der Waals surface area contributed by atoms with Crippen LogP contribution in [0, 0.1) is 23.2 Å². The van der Waals surface area contributed by atoms with Gasteiger partial charge in [0.15, 0.2) is 0 Å². The Bertz CT molecular complexity index is 319. The maximum atomic E-state index is 12.3. The van der Waals surface area contributed by atoms with Crippen molar-refractivity contribution in [3.63, 3.8) is 0 Å². The summed E-state index contributed by atoms with van der Waals surface area (Å²) in [6.45, 7) is 7.39. The predicted octanol–water partition coefficient (Wildman–Crippen LogP) is 3.14. The molecule has 0 aromatic heterocycles. The summed E-state index contributed by atoms with van der Waals surface area (Å²) < 4.78 is 0. The van der Waals surface area contributed by atoms with Crippen molar-refractivity contribution in [2.24, 2.45) is 23.2 Å². The van der Waals surface area contributed by atoms with Gasteiger partial charge in [0, 0.05) is 6.54 Å².